The van der Waals surface area contributed by atoms with E-state index in [0.717, 1.165) is 22.9 Å². The second-order valence-electron chi connectivity index (χ2n) is 3.55. The van der Waals surface area contributed by atoms with Gasteiger partial charge in [-0.05, 0) is 12.1 Å². The Hall–Kier alpha value is -2.31. The molecular weight excluding hydrogens is 244 g/mol. The lowest BCUT2D eigenvalue weighted by Gasteiger charge is -2.04. The summed E-state index contributed by atoms with van der Waals surface area (Å²) in [7, 11) is 0. The zero-order chi connectivity index (χ0) is 13.3. The van der Waals surface area contributed by atoms with E-state index in [0.29, 0.717) is 12.2 Å². The van der Waals surface area contributed by atoms with Crippen LogP contribution in [0.15, 0.2) is 18.2 Å². The lowest BCUT2D eigenvalue weighted by molar-refractivity contribution is 0.0683. The van der Waals surface area contributed by atoms with Gasteiger partial charge in [-0.1, -0.05) is 6.92 Å². The topological polar surface area (TPSA) is 68.0 Å². The molecule has 2 aromatic rings. The molecule has 18 heavy (non-hydrogen) atoms. The van der Waals surface area contributed by atoms with E-state index in [4.69, 9.17) is 5.11 Å². The number of benzene rings is 1. The fourth-order valence-corrected chi connectivity index (χ4v) is 1.53. The van der Waals surface area contributed by atoms with E-state index in [1.54, 1.807) is 6.92 Å². The molecular formula is C11H9F2N3O2. The molecule has 0 amide bonds. The van der Waals surface area contributed by atoms with Gasteiger partial charge in [-0.3, -0.25) is 0 Å². The fourth-order valence-electron chi connectivity index (χ4n) is 1.53. The first-order chi connectivity index (χ1) is 8.51. The number of rotatable bonds is 3. The minimum atomic E-state index is -1.29. The van der Waals surface area contributed by atoms with Crippen LogP contribution in [0.25, 0.3) is 5.69 Å². The summed E-state index contributed by atoms with van der Waals surface area (Å²) in [5, 5.41) is 12.5. The monoisotopic (exact) mass is 253 g/mol. The molecule has 7 heteroatoms. The number of aromatic carboxylic acids is 1. The molecule has 0 unspecified atom stereocenters. The van der Waals surface area contributed by atoms with E-state index in [-0.39, 0.29) is 5.69 Å². The van der Waals surface area contributed by atoms with Gasteiger partial charge in [0.2, 0.25) is 0 Å². The Morgan fingerprint density at radius 3 is 2.44 bits per heavy atom. The van der Waals surface area contributed by atoms with Crippen LogP contribution in [0, 0.1) is 11.6 Å². The highest BCUT2D eigenvalue weighted by molar-refractivity contribution is 5.83. The zero-order valence-electron chi connectivity index (χ0n) is 9.39. The number of halogens is 2. The molecule has 1 aromatic heterocycles. The number of aromatic nitrogens is 3. The van der Waals surface area contributed by atoms with Crippen LogP contribution in [-0.2, 0) is 6.42 Å². The van der Waals surface area contributed by atoms with Gasteiger partial charge in [0.25, 0.3) is 5.82 Å². The molecule has 0 saturated carbocycles. The number of nitrogens with zero attached hydrogens (tertiary/aromatic N) is 3. The minimum Gasteiger partial charge on any atom is -0.475 e. The molecule has 2 rings (SSSR count). The Balaban J connectivity index is 2.58. The van der Waals surface area contributed by atoms with E-state index < -0.39 is 23.4 Å². The quantitative estimate of drug-likeness (QED) is 0.905. The maximum Gasteiger partial charge on any atom is 0.375 e. The van der Waals surface area contributed by atoms with E-state index in [1.807, 2.05) is 0 Å². The lowest BCUT2D eigenvalue weighted by atomic mass is 10.3. The summed E-state index contributed by atoms with van der Waals surface area (Å²) >= 11 is 0. The fraction of sp³-hybridized carbons (Fsp3) is 0.182. The first kappa shape index (κ1) is 12.2. The van der Waals surface area contributed by atoms with E-state index >= 15 is 0 Å². The van der Waals surface area contributed by atoms with Crippen molar-refractivity contribution in [3.05, 3.63) is 41.5 Å². The number of hydrogen-bond donors (Lipinski definition) is 1. The van der Waals surface area contributed by atoms with Crippen molar-refractivity contribution in [2.24, 2.45) is 0 Å². The molecule has 1 aromatic carbocycles. The van der Waals surface area contributed by atoms with Crippen LogP contribution in [0.2, 0.25) is 0 Å². The molecule has 0 atom stereocenters. The van der Waals surface area contributed by atoms with Gasteiger partial charge in [-0.2, -0.15) is 0 Å². The second kappa shape index (κ2) is 4.52. The van der Waals surface area contributed by atoms with Crippen molar-refractivity contribution in [1.29, 1.82) is 0 Å². The molecule has 0 bridgehead atoms. The van der Waals surface area contributed by atoms with Gasteiger partial charge in [0, 0.05) is 12.5 Å². The Kier molecular flexibility index (Phi) is 3.05. The maximum absolute atomic E-state index is 13.1. The summed E-state index contributed by atoms with van der Waals surface area (Å²) in [6, 6.07) is 2.84. The Bertz CT molecular complexity index is 590. The molecule has 0 spiro atoms. The number of carbonyl (C=O) groups is 1. The molecule has 5 nitrogen and oxygen atoms in total. The smallest absolute Gasteiger partial charge is 0.375 e. The van der Waals surface area contributed by atoms with Crippen LogP contribution in [0.4, 0.5) is 8.78 Å². The third kappa shape index (κ3) is 2.20. The van der Waals surface area contributed by atoms with Crippen molar-refractivity contribution in [1.82, 2.24) is 14.8 Å². The summed E-state index contributed by atoms with van der Waals surface area (Å²) in [5.74, 6) is -2.91. The van der Waals surface area contributed by atoms with Crippen molar-refractivity contribution in [2.75, 3.05) is 0 Å². The third-order valence-electron chi connectivity index (χ3n) is 2.27. The predicted octanol–water partition coefficient (Wildman–Crippen LogP) is 1.81. The average Bonchev–Trinajstić information content (AvgIpc) is 2.71. The van der Waals surface area contributed by atoms with Gasteiger partial charge >= 0.3 is 5.97 Å². The van der Waals surface area contributed by atoms with Crippen molar-refractivity contribution < 1.29 is 18.7 Å². The van der Waals surface area contributed by atoms with Crippen LogP contribution in [-0.4, -0.2) is 25.8 Å². The van der Waals surface area contributed by atoms with Crippen LogP contribution in [0.1, 0.15) is 23.4 Å². The van der Waals surface area contributed by atoms with Gasteiger partial charge in [0.1, 0.15) is 17.5 Å². The van der Waals surface area contributed by atoms with E-state index in [1.165, 1.54) is 0 Å². The van der Waals surface area contributed by atoms with Crippen LogP contribution >= 0.6 is 0 Å². The highest BCUT2D eigenvalue weighted by atomic mass is 19.1. The molecule has 1 N–H and O–H groups in total. The van der Waals surface area contributed by atoms with E-state index in [2.05, 4.69) is 10.1 Å². The van der Waals surface area contributed by atoms with Crippen LogP contribution in [0.5, 0.6) is 0 Å². The summed E-state index contributed by atoms with van der Waals surface area (Å²) < 4.78 is 27.3. The van der Waals surface area contributed by atoms with Crippen molar-refractivity contribution >= 4 is 5.97 Å². The Morgan fingerprint density at radius 1 is 1.33 bits per heavy atom. The number of carboxylic acids is 1. The molecule has 0 fully saturated rings. The number of carboxylic acid groups (broad SMARTS) is 1. The number of aryl methyl sites for hydroxylation is 1. The van der Waals surface area contributed by atoms with Gasteiger partial charge < -0.3 is 5.11 Å². The van der Waals surface area contributed by atoms with Gasteiger partial charge in [-0.25, -0.2) is 23.2 Å². The predicted molar refractivity (Wildman–Crippen MR) is 57.6 cm³/mol. The standard InChI is InChI=1S/C11H9F2N3O2/c1-2-9-14-10(11(17)18)15-16(9)8-4-6(12)3-7(13)5-8/h3-5H,2H2,1H3,(H,17,18). The van der Waals surface area contributed by atoms with E-state index in [9.17, 15) is 13.6 Å². The molecule has 0 aliphatic heterocycles. The average molecular weight is 253 g/mol. The lowest BCUT2D eigenvalue weighted by Crippen LogP contribution is -2.04. The third-order valence-corrected chi connectivity index (χ3v) is 2.27. The van der Waals surface area contributed by atoms with Crippen LogP contribution in [0.3, 0.4) is 0 Å². The summed E-state index contributed by atoms with van der Waals surface area (Å²) in [6.45, 7) is 1.74. The minimum absolute atomic E-state index is 0.101. The SMILES string of the molecule is CCc1nc(C(=O)O)nn1-c1cc(F)cc(F)c1. The maximum atomic E-state index is 13.1. The molecule has 0 aliphatic carbocycles. The van der Waals surface area contributed by atoms with Gasteiger partial charge in [0.05, 0.1) is 5.69 Å². The normalized spacial score (nSPS) is 10.6. The van der Waals surface area contributed by atoms with Crippen molar-refractivity contribution in [3.63, 3.8) is 0 Å². The number of hydrogen-bond acceptors (Lipinski definition) is 3. The molecule has 0 radical (unpaired) electrons. The zero-order valence-corrected chi connectivity index (χ0v) is 9.39. The molecule has 1 heterocycles. The highest BCUT2D eigenvalue weighted by Crippen LogP contribution is 2.14. The highest BCUT2D eigenvalue weighted by Gasteiger charge is 2.16. The summed E-state index contributed by atoms with van der Waals surface area (Å²) in [6.07, 6.45) is 0.387. The van der Waals surface area contributed by atoms with Crippen LogP contribution < -0.4 is 0 Å². The second-order valence-corrected chi connectivity index (χ2v) is 3.55. The molecule has 0 saturated heterocycles. The Morgan fingerprint density at radius 2 is 1.94 bits per heavy atom. The van der Waals surface area contributed by atoms with Gasteiger partial charge in [0.15, 0.2) is 0 Å². The summed E-state index contributed by atoms with van der Waals surface area (Å²) in [5.41, 5.74) is 0.101. The van der Waals surface area contributed by atoms with Gasteiger partial charge in [-0.15, -0.1) is 5.10 Å². The first-order valence-electron chi connectivity index (χ1n) is 5.17. The largest absolute Gasteiger partial charge is 0.475 e. The molecule has 94 valence electrons. The summed E-state index contributed by atoms with van der Waals surface area (Å²) in [4.78, 5) is 14.5. The van der Waals surface area contributed by atoms with Crippen molar-refractivity contribution in [2.45, 2.75) is 13.3 Å². The van der Waals surface area contributed by atoms with Crippen molar-refractivity contribution in [3.8, 4) is 5.69 Å². The Labute approximate surface area is 101 Å². The first-order valence-corrected chi connectivity index (χ1v) is 5.17. The molecule has 0 aliphatic rings.